The third-order valence-corrected chi connectivity index (χ3v) is 5.06. The van der Waals surface area contributed by atoms with E-state index in [-0.39, 0.29) is 0 Å². The van der Waals surface area contributed by atoms with Gasteiger partial charge in [0, 0.05) is 19.8 Å². The summed E-state index contributed by atoms with van der Waals surface area (Å²) >= 11 is 0. The fraction of sp³-hybridized carbons (Fsp3) is 0.429. The van der Waals surface area contributed by atoms with Gasteiger partial charge in [0.1, 0.15) is 0 Å². The van der Waals surface area contributed by atoms with Gasteiger partial charge in [0.15, 0.2) is 5.96 Å². The van der Waals surface area contributed by atoms with Crippen LogP contribution in [0.3, 0.4) is 0 Å². The van der Waals surface area contributed by atoms with Gasteiger partial charge in [-0.15, -0.1) is 0 Å². The first-order valence-electron chi connectivity index (χ1n) is 9.24. The molecule has 0 saturated heterocycles. The van der Waals surface area contributed by atoms with Crippen molar-refractivity contribution in [3.63, 3.8) is 0 Å². The van der Waals surface area contributed by atoms with Gasteiger partial charge in [0.05, 0.1) is 12.2 Å². The highest BCUT2D eigenvalue weighted by Gasteiger charge is 2.22. The first kappa shape index (κ1) is 17.5. The Morgan fingerprint density at radius 2 is 1.76 bits per heavy atom. The second-order valence-electron chi connectivity index (χ2n) is 6.76. The molecule has 0 unspecified atom stereocenters. The lowest BCUT2D eigenvalue weighted by Gasteiger charge is -2.29. The van der Waals surface area contributed by atoms with Crippen LogP contribution in [0.2, 0.25) is 0 Å². The van der Waals surface area contributed by atoms with Crippen LogP contribution in [-0.4, -0.2) is 24.5 Å². The van der Waals surface area contributed by atoms with E-state index in [9.17, 15) is 0 Å². The van der Waals surface area contributed by atoms with E-state index >= 15 is 0 Å². The molecule has 1 aromatic carbocycles. The van der Waals surface area contributed by atoms with Gasteiger partial charge in [0.25, 0.3) is 0 Å². The Bertz CT molecular complexity index is 646. The number of hydrogen-bond acceptors (Lipinski definition) is 2. The zero-order valence-corrected chi connectivity index (χ0v) is 15.0. The predicted molar refractivity (Wildman–Crippen MR) is 104 cm³/mol. The van der Waals surface area contributed by atoms with Crippen molar-refractivity contribution in [2.24, 2.45) is 10.9 Å². The van der Waals surface area contributed by atoms with Crippen LogP contribution in [0, 0.1) is 5.92 Å². The highest BCUT2D eigenvalue weighted by molar-refractivity contribution is 5.79. The summed E-state index contributed by atoms with van der Waals surface area (Å²) in [6.07, 6.45) is 6.96. The van der Waals surface area contributed by atoms with E-state index in [1.807, 2.05) is 31.4 Å². The number of nitrogens with zero attached hydrogens (tertiary/aromatic N) is 2. The van der Waals surface area contributed by atoms with E-state index in [0.717, 1.165) is 30.0 Å². The molecular formula is C21H28N4. The number of aliphatic imine (C=N–C) groups is 1. The van der Waals surface area contributed by atoms with Crippen LogP contribution >= 0.6 is 0 Å². The molecule has 1 heterocycles. The molecule has 4 heteroatoms. The Balaban J connectivity index is 1.40. The molecular weight excluding hydrogens is 308 g/mol. The molecule has 0 radical (unpaired) electrons. The third-order valence-electron chi connectivity index (χ3n) is 5.06. The number of pyridine rings is 1. The van der Waals surface area contributed by atoms with Gasteiger partial charge >= 0.3 is 0 Å². The molecule has 0 amide bonds. The van der Waals surface area contributed by atoms with Crippen molar-refractivity contribution in [2.45, 2.75) is 38.1 Å². The molecule has 132 valence electrons. The molecule has 0 bridgehead atoms. The number of guanidine groups is 1. The van der Waals surface area contributed by atoms with Gasteiger partial charge in [0.2, 0.25) is 0 Å². The zero-order valence-electron chi connectivity index (χ0n) is 15.0. The molecule has 1 saturated carbocycles. The number of nitrogens with one attached hydrogen (secondary N) is 2. The van der Waals surface area contributed by atoms with E-state index < -0.39 is 0 Å². The molecule has 3 rings (SSSR count). The first-order valence-corrected chi connectivity index (χ1v) is 9.24. The average molecular weight is 336 g/mol. The summed E-state index contributed by atoms with van der Waals surface area (Å²) in [6, 6.07) is 16.9. The van der Waals surface area contributed by atoms with Crippen LogP contribution < -0.4 is 10.6 Å². The lowest BCUT2D eigenvalue weighted by Crippen LogP contribution is -2.40. The van der Waals surface area contributed by atoms with Crippen molar-refractivity contribution in [3.05, 3.63) is 66.0 Å². The second-order valence-corrected chi connectivity index (χ2v) is 6.76. The van der Waals surface area contributed by atoms with Crippen LogP contribution in [-0.2, 0) is 6.54 Å². The maximum Gasteiger partial charge on any atom is 0.191 e. The minimum absolute atomic E-state index is 0.696. The Hall–Kier alpha value is -2.36. The molecule has 1 aliphatic rings. The number of aromatic nitrogens is 1. The van der Waals surface area contributed by atoms with Crippen LogP contribution in [0.1, 0.15) is 42.9 Å². The fourth-order valence-electron chi connectivity index (χ4n) is 3.56. The fourth-order valence-corrected chi connectivity index (χ4v) is 3.56. The van der Waals surface area contributed by atoms with Gasteiger partial charge in [-0.1, -0.05) is 36.4 Å². The van der Waals surface area contributed by atoms with Gasteiger partial charge in [-0.2, -0.15) is 0 Å². The Kier molecular flexibility index (Phi) is 6.43. The molecule has 2 N–H and O–H groups in total. The highest BCUT2D eigenvalue weighted by Crippen LogP contribution is 2.35. The van der Waals surface area contributed by atoms with E-state index in [0.29, 0.717) is 6.54 Å². The van der Waals surface area contributed by atoms with Crippen LogP contribution in [0.15, 0.2) is 59.7 Å². The minimum Gasteiger partial charge on any atom is -0.356 e. The minimum atomic E-state index is 0.696. The molecule has 2 aromatic rings. The van der Waals surface area contributed by atoms with E-state index in [4.69, 9.17) is 0 Å². The van der Waals surface area contributed by atoms with E-state index in [2.05, 4.69) is 50.9 Å². The van der Waals surface area contributed by atoms with Crippen molar-refractivity contribution in [1.29, 1.82) is 0 Å². The van der Waals surface area contributed by atoms with Crippen molar-refractivity contribution in [2.75, 3.05) is 13.6 Å². The van der Waals surface area contributed by atoms with Gasteiger partial charge in [-0.05, 0) is 55.2 Å². The lowest BCUT2D eigenvalue weighted by molar-refractivity contribution is 0.324. The van der Waals surface area contributed by atoms with Crippen LogP contribution in [0.4, 0.5) is 0 Å². The maximum absolute atomic E-state index is 4.33. The normalized spacial score (nSPS) is 20.9. The summed E-state index contributed by atoms with van der Waals surface area (Å²) in [5.41, 5.74) is 2.52. The summed E-state index contributed by atoms with van der Waals surface area (Å²) in [6.45, 7) is 1.69. The SMILES string of the molecule is CN=C(NCc1ccccn1)NCC1CCC(c2ccccc2)CC1. The van der Waals surface area contributed by atoms with Crippen LogP contribution in [0.25, 0.3) is 0 Å². The number of hydrogen-bond donors (Lipinski definition) is 2. The second kappa shape index (κ2) is 9.21. The highest BCUT2D eigenvalue weighted by atomic mass is 15.2. The van der Waals surface area contributed by atoms with E-state index in [1.54, 1.807) is 0 Å². The molecule has 1 aliphatic carbocycles. The summed E-state index contributed by atoms with van der Waals surface area (Å²) in [4.78, 5) is 8.64. The van der Waals surface area contributed by atoms with Gasteiger partial charge in [-0.3, -0.25) is 9.98 Å². The lowest BCUT2D eigenvalue weighted by atomic mass is 9.79. The number of benzene rings is 1. The average Bonchev–Trinajstić information content (AvgIpc) is 2.70. The Labute approximate surface area is 150 Å². The quantitative estimate of drug-likeness (QED) is 0.646. The standard InChI is InChI=1S/C21H28N4/c1-22-21(25-16-20-9-5-6-14-23-20)24-15-17-10-12-19(13-11-17)18-7-3-2-4-8-18/h2-9,14,17,19H,10-13,15-16H2,1H3,(H2,22,24,25). The first-order chi connectivity index (χ1) is 12.3. The summed E-state index contributed by atoms with van der Waals surface area (Å²) in [5, 5.41) is 6.81. The summed E-state index contributed by atoms with van der Waals surface area (Å²) in [5.74, 6) is 2.32. The molecule has 0 spiro atoms. The zero-order chi connectivity index (χ0) is 17.3. The van der Waals surface area contributed by atoms with Crippen molar-refractivity contribution in [1.82, 2.24) is 15.6 Å². The third kappa shape index (κ3) is 5.31. The Morgan fingerprint density at radius 1 is 1.00 bits per heavy atom. The molecule has 0 atom stereocenters. The molecule has 25 heavy (non-hydrogen) atoms. The maximum atomic E-state index is 4.33. The Morgan fingerprint density at radius 3 is 2.44 bits per heavy atom. The summed E-state index contributed by atoms with van der Waals surface area (Å²) in [7, 11) is 1.82. The molecule has 1 fully saturated rings. The molecule has 4 nitrogen and oxygen atoms in total. The number of rotatable bonds is 5. The van der Waals surface area contributed by atoms with Gasteiger partial charge < -0.3 is 10.6 Å². The van der Waals surface area contributed by atoms with Crippen molar-refractivity contribution in [3.8, 4) is 0 Å². The predicted octanol–water partition coefficient (Wildman–Crippen LogP) is 3.72. The molecule has 1 aromatic heterocycles. The van der Waals surface area contributed by atoms with Crippen LogP contribution in [0.5, 0.6) is 0 Å². The smallest absolute Gasteiger partial charge is 0.191 e. The van der Waals surface area contributed by atoms with Crippen molar-refractivity contribution < 1.29 is 0 Å². The summed E-state index contributed by atoms with van der Waals surface area (Å²) < 4.78 is 0. The van der Waals surface area contributed by atoms with E-state index in [1.165, 1.54) is 31.2 Å². The largest absolute Gasteiger partial charge is 0.356 e. The topological polar surface area (TPSA) is 49.3 Å². The monoisotopic (exact) mass is 336 g/mol. The van der Waals surface area contributed by atoms with Gasteiger partial charge in [-0.25, -0.2) is 0 Å². The van der Waals surface area contributed by atoms with Crippen molar-refractivity contribution >= 4 is 5.96 Å². The molecule has 0 aliphatic heterocycles.